The van der Waals surface area contributed by atoms with Crippen LogP contribution in [-0.4, -0.2) is 30.0 Å². The Labute approximate surface area is 132 Å². The standard InChI is InChI=1S/C11H13Br2N3O4/c1-11(15-2,10(14)17)5-20-9-7(12)3-6(16(18)19)4-8(9)13/h3-4,15H,5H2,1-2H3,(H2,14,17). The lowest BCUT2D eigenvalue weighted by atomic mass is 10.0. The van der Waals surface area contributed by atoms with Gasteiger partial charge in [0.2, 0.25) is 5.91 Å². The minimum Gasteiger partial charge on any atom is -0.489 e. The highest BCUT2D eigenvalue weighted by Crippen LogP contribution is 2.37. The fraction of sp³-hybridized carbons (Fsp3) is 0.364. The lowest BCUT2D eigenvalue weighted by Crippen LogP contribution is -2.55. The summed E-state index contributed by atoms with van der Waals surface area (Å²) >= 11 is 6.39. The number of carbonyl (C=O) groups is 1. The van der Waals surface area contributed by atoms with Crippen LogP contribution in [0.5, 0.6) is 5.75 Å². The smallest absolute Gasteiger partial charge is 0.271 e. The molecule has 0 bridgehead atoms. The molecule has 1 unspecified atom stereocenters. The average molecular weight is 411 g/mol. The monoisotopic (exact) mass is 409 g/mol. The Morgan fingerprint density at radius 2 is 2.00 bits per heavy atom. The summed E-state index contributed by atoms with van der Waals surface area (Å²) < 4.78 is 6.35. The molecule has 1 rings (SSSR count). The number of nitro benzene ring substituents is 1. The van der Waals surface area contributed by atoms with Gasteiger partial charge in [0.15, 0.2) is 0 Å². The molecule has 0 aliphatic rings. The van der Waals surface area contributed by atoms with E-state index in [4.69, 9.17) is 10.5 Å². The van der Waals surface area contributed by atoms with Crippen molar-refractivity contribution >= 4 is 43.5 Å². The Balaban J connectivity index is 3.00. The quantitative estimate of drug-likeness (QED) is 0.550. The highest BCUT2D eigenvalue weighted by molar-refractivity contribution is 9.11. The van der Waals surface area contributed by atoms with Crippen molar-refractivity contribution in [1.29, 1.82) is 0 Å². The van der Waals surface area contributed by atoms with Crippen molar-refractivity contribution in [3.8, 4) is 5.75 Å². The van der Waals surface area contributed by atoms with Crippen molar-refractivity contribution in [2.45, 2.75) is 12.5 Å². The summed E-state index contributed by atoms with van der Waals surface area (Å²) in [7, 11) is 1.59. The van der Waals surface area contributed by atoms with Crippen LogP contribution < -0.4 is 15.8 Å². The van der Waals surface area contributed by atoms with E-state index in [1.54, 1.807) is 14.0 Å². The zero-order chi connectivity index (χ0) is 15.5. The number of ether oxygens (including phenoxy) is 1. The van der Waals surface area contributed by atoms with Crippen LogP contribution >= 0.6 is 31.9 Å². The molecular formula is C11H13Br2N3O4. The fourth-order valence-corrected chi connectivity index (χ4v) is 2.66. The van der Waals surface area contributed by atoms with Gasteiger partial charge in [-0.05, 0) is 45.8 Å². The summed E-state index contributed by atoms with van der Waals surface area (Å²) in [5.74, 6) is -0.201. The van der Waals surface area contributed by atoms with E-state index in [0.717, 1.165) is 0 Å². The topological polar surface area (TPSA) is 107 Å². The van der Waals surface area contributed by atoms with Gasteiger partial charge in [-0.15, -0.1) is 0 Å². The van der Waals surface area contributed by atoms with E-state index >= 15 is 0 Å². The van der Waals surface area contributed by atoms with E-state index < -0.39 is 16.4 Å². The number of nitrogens with two attached hydrogens (primary N) is 1. The molecule has 1 atom stereocenters. The molecule has 0 aliphatic heterocycles. The number of primary amides is 1. The fourth-order valence-electron chi connectivity index (χ4n) is 1.27. The second kappa shape index (κ2) is 6.51. The van der Waals surface area contributed by atoms with Gasteiger partial charge in [0.25, 0.3) is 5.69 Å². The first-order chi connectivity index (χ1) is 9.21. The number of benzene rings is 1. The van der Waals surface area contributed by atoms with E-state index in [0.29, 0.717) is 14.7 Å². The Morgan fingerprint density at radius 3 is 2.35 bits per heavy atom. The van der Waals surface area contributed by atoms with Crippen molar-refractivity contribution in [2.75, 3.05) is 13.7 Å². The molecule has 7 nitrogen and oxygen atoms in total. The lowest BCUT2D eigenvalue weighted by molar-refractivity contribution is -0.385. The average Bonchev–Trinajstić information content (AvgIpc) is 2.36. The second-order valence-corrected chi connectivity index (χ2v) is 5.94. The molecule has 3 N–H and O–H groups in total. The Bertz CT molecular complexity index is 529. The van der Waals surface area contributed by atoms with Crippen LogP contribution in [0.1, 0.15) is 6.92 Å². The predicted molar refractivity (Wildman–Crippen MR) is 80.7 cm³/mol. The van der Waals surface area contributed by atoms with Gasteiger partial charge in [0.05, 0.1) is 13.9 Å². The highest BCUT2D eigenvalue weighted by atomic mass is 79.9. The maximum absolute atomic E-state index is 11.4. The van der Waals surface area contributed by atoms with Gasteiger partial charge in [0.1, 0.15) is 17.9 Å². The largest absolute Gasteiger partial charge is 0.489 e. The van der Waals surface area contributed by atoms with Crippen molar-refractivity contribution in [3.63, 3.8) is 0 Å². The van der Waals surface area contributed by atoms with Crippen molar-refractivity contribution in [1.82, 2.24) is 5.32 Å². The summed E-state index contributed by atoms with van der Waals surface area (Å²) in [5, 5.41) is 13.5. The van der Waals surface area contributed by atoms with Crippen LogP contribution in [0.25, 0.3) is 0 Å². The van der Waals surface area contributed by atoms with Gasteiger partial charge < -0.3 is 15.8 Å². The third kappa shape index (κ3) is 3.68. The first kappa shape index (κ1) is 16.9. The lowest BCUT2D eigenvalue weighted by Gasteiger charge is -2.25. The molecule has 0 aliphatic carbocycles. The molecule has 110 valence electrons. The number of halogens is 2. The van der Waals surface area contributed by atoms with Crippen molar-refractivity contribution in [3.05, 3.63) is 31.2 Å². The first-order valence-corrected chi connectivity index (χ1v) is 7.05. The number of non-ortho nitro benzene ring substituents is 1. The first-order valence-electron chi connectivity index (χ1n) is 5.46. The maximum Gasteiger partial charge on any atom is 0.271 e. The minimum atomic E-state index is -1.04. The molecule has 20 heavy (non-hydrogen) atoms. The van der Waals surface area contributed by atoms with Gasteiger partial charge in [-0.2, -0.15) is 0 Å². The summed E-state index contributed by atoms with van der Waals surface area (Å²) in [4.78, 5) is 21.6. The third-order valence-corrected chi connectivity index (χ3v) is 3.97. The zero-order valence-electron chi connectivity index (χ0n) is 10.8. The SMILES string of the molecule is CNC(C)(COc1c(Br)cc([N+](=O)[O-])cc1Br)C(N)=O. The van der Waals surface area contributed by atoms with E-state index in [-0.39, 0.29) is 12.3 Å². The number of rotatable bonds is 6. The number of amides is 1. The summed E-state index contributed by atoms with van der Waals surface area (Å²) in [6, 6.07) is 2.64. The van der Waals surface area contributed by atoms with Gasteiger partial charge in [-0.3, -0.25) is 14.9 Å². The van der Waals surface area contributed by atoms with Crippen molar-refractivity contribution in [2.24, 2.45) is 5.73 Å². The summed E-state index contributed by atoms with van der Waals surface area (Å²) in [6.07, 6.45) is 0. The third-order valence-electron chi connectivity index (χ3n) is 2.79. The number of carbonyl (C=O) groups excluding carboxylic acids is 1. The van der Waals surface area contributed by atoms with E-state index in [1.807, 2.05) is 0 Å². The highest BCUT2D eigenvalue weighted by Gasteiger charge is 2.30. The maximum atomic E-state index is 11.4. The van der Waals surface area contributed by atoms with E-state index in [1.165, 1.54) is 12.1 Å². The van der Waals surface area contributed by atoms with Gasteiger partial charge in [-0.25, -0.2) is 0 Å². The predicted octanol–water partition coefficient (Wildman–Crippen LogP) is 1.96. The van der Waals surface area contributed by atoms with Crippen LogP contribution in [0.3, 0.4) is 0 Å². The summed E-state index contributed by atoms with van der Waals surface area (Å²) in [5.41, 5.74) is 4.17. The van der Waals surface area contributed by atoms with Crippen LogP contribution in [0.2, 0.25) is 0 Å². The second-order valence-electron chi connectivity index (χ2n) is 4.23. The molecule has 0 aromatic heterocycles. The molecule has 0 radical (unpaired) electrons. The molecule has 1 amide bonds. The molecular weight excluding hydrogens is 398 g/mol. The number of hydrogen-bond donors (Lipinski definition) is 2. The molecule has 0 spiro atoms. The normalized spacial score (nSPS) is 13.6. The summed E-state index contributed by atoms with van der Waals surface area (Å²) in [6.45, 7) is 1.58. The van der Waals surface area contributed by atoms with E-state index in [9.17, 15) is 14.9 Å². The van der Waals surface area contributed by atoms with E-state index in [2.05, 4.69) is 37.2 Å². The van der Waals surface area contributed by atoms with Crippen LogP contribution in [0.4, 0.5) is 5.69 Å². The number of nitrogens with one attached hydrogen (secondary N) is 1. The molecule has 0 fully saturated rings. The Morgan fingerprint density at radius 1 is 1.50 bits per heavy atom. The Kier molecular flexibility index (Phi) is 5.49. The molecule has 0 heterocycles. The van der Waals surface area contributed by atoms with Gasteiger partial charge >= 0.3 is 0 Å². The molecule has 1 aromatic carbocycles. The minimum absolute atomic E-state index is 0.0200. The molecule has 0 saturated heterocycles. The Hall–Kier alpha value is -1.19. The van der Waals surface area contributed by atoms with Crippen LogP contribution in [-0.2, 0) is 4.79 Å². The van der Waals surface area contributed by atoms with Crippen LogP contribution in [0, 0.1) is 10.1 Å². The van der Waals surface area contributed by atoms with Crippen LogP contribution in [0.15, 0.2) is 21.1 Å². The molecule has 9 heteroatoms. The van der Waals surface area contributed by atoms with Crippen molar-refractivity contribution < 1.29 is 14.5 Å². The van der Waals surface area contributed by atoms with Gasteiger partial charge in [0, 0.05) is 12.1 Å². The van der Waals surface area contributed by atoms with Gasteiger partial charge in [-0.1, -0.05) is 0 Å². The number of nitro groups is 1. The number of likely N-dealkylation sites (N-methyl/N-ethyl adjacent to an activating group) is 1. The number of hydrogen-bond acceptors (Lipinski definition) is 5. The molecule has 1 aromatic rings. The molecule has 0 saturated carbocycles. The zero-order valence-corrected chi connectivity index (χ0v) is 13.9. The number of nitrogens with zero attached hydrogens (tertiary/aromatic N) is 1.